The average Bonchev–Trinajstić information content (AvgIpc) is 3.04. The van der Waals surface area contributed by atoms with Crippen LogP contribution in [0.2, 0.25) is 0 Å². The van der Waals surface area contributed by atoms with Crippen molar-refractivity contribution in [1.29, 1.82) is 0 Å². The van der Waals surface area contributed by atoms with Gasteiger partial charge in [0.15, 0.2) is 0 Å². The Hall–Kier alpha value is -4.05. The normalized spacial score (nSPS) is 13.6. The summed E-state index contributed by atoms with van der Waals surface area (Å²) in [6, 6.07) is 19.2. The van der Waals surface area contributed by atoms with Gasteiger partial charge in [-0.1, -0.05) is 44.2 Å². The largest absolute Gasteiger partial charge is 0.378 e. The minimum atomic E-state index is -0.404. The Balaban J connectivity index is 1.49. The summed E-state index contributed by atoms with van der Waals surface area (Å²) in [6.07, 6.45) is 1.62. The Kier molecular flexibility index (Phi) is 12.1. The number of carbonyl (C=O) groups is 2. The van der Waals surface area contributed by atoms with Crippen LogP contribution in [-0.2, 0) is 11.3 Å². The molecule has 2 N–H and O–H groups in total. The maximum absolute atomic E-state index is 13.4. The zero-order valence-corrected chi connectivity index (χ0v) is 26.7. The van der Waals surface area contributed by atoms with Gasteiger partial charge >= 0.3 is 0 Å². The molecular weight excluding hydrogens is 552 g/mol. The van der Waals surface area contributed by atoms with Crippen LogP contribution in [0.15, 0.2) is 65.8 Å². The van der Waals surface area contributed by atoms with Crippen LogP contribution >= 0.6 is 0 Å². The van der Waals surface area contributed by atoms with Crippen LogP contribution < -0.4 is 15.6 Å². The number of aryl methyl sites for hydroxylation is 2. The molecule has 0 aromatic heterocycles. The molecule has 9 heteroatoms. The first-order valence-corrected chi connectivity index (χ1v) is 15.5. The third kappa shape index (κ3) is 9.22. The molecule has 1 heterocycles. The summed E-state index contributed by atoms with van der Waals surface area (Å²) >= 11 is 0. The molecule has 1 aliphatic rings. The zero-order chi connectivity index (χ0) is 31.5. The number of rotatable bonds is 13. The molecule has 0 aliphatic carbocycles. The lowest BCUT2D eigenvalue weighted by Crippen LogP contribution is -2.36. The standard InChI is InChI=1S/C35H46N6O3/c1-6-40(7-2)16-15-39(5)25-29-9-8-10-30(22-29)34(42)37-33-14-13-31(41-17-19-44-20-18-41)23-32(33)35(43)38-36-24-28-12-11-26(3)27(4)21-28/h8-14,21-24H,6-7,15-20,25H2,1-5H3,(H,37,42)(H,38,43)/b36-24+. The number of likely N-dealkylation sites (N-methyl/N-ethyl adjacent to an activating group) is 2. The fraction of sp³-hybridized carbons (Fsp3) is 0.400. The lowest BCUT2D eigenvalue weighted by Gasteiger charge is -2.29. The van der Waals surface area contributed by atoms with E-state index in [1.165, 1.54) is 5.56 Å². The fourth-order valence-electron chi connectivity index (χ4n) is 5.17. The van der Waals surface area contributed by atoms with Gasteiger partial charge in [-0.05, 0) is 86.6 Å². The van der Waals surface area contributed by atoms with E-state index in [9.17, 15) is 9.59 Å². The van der Waals surface area contributed by atoms with Crippen molar-refractivity contribution in [1.82, 2.24) is 15.2 Å². The summed E-state index contributed by atoms with van der Waals surface area (Å²) < 4.78 is 5.50. The van der Waals surface area contributed by atoms with E-state index in [-0.39, 0.29) is 5.91 Å². The zero-order valence-electron chi connectivity index (χ0n) is 26.7. The third-order valence-corrected chi connectivity index (χ3v) is 8.12. The number of hydrogen-bond acceptors (Lipinski definition) is 7. The van der Waals surface area contributed by atoms with E-state index < -0.39 is 5.91 Å². The molecule has 234 valence electrons. The van der Waals surface area contributed by atoms with Crippen LogP contribution in [0.4, 0.5) is 11.4 Å². The van der Waals surface area contributed by atoms with E-state index in [0.29, 0.717) is 30.0 Å². The molecule has 3 aromatic carbocycles. The lowest BCUT2D eigenvalue weighted by atomic mass is 10.1. The van der Waals surface area contributed by atoms with Crippen LogP contribution in [0, 0.1) is 13.8 Å². The van der Waals surface area contributed by atoms with Crippen LogP contribution in [-0.4, -0.2) is 87.4 Å². The van der Waals surface area contributed by atoms with Crippen LogP contribution in [0.1, 0.15) is 56.8 Å². The number of morpholine rings is 1. The van der Waals surface area contributed by atoms with Crippen molar-refractivity contribution in [3.63, 3.8) is 0 Å². The van der Waals surface area contributed by atoms with Gasteiger partial charge in [-0.25, -0.2) is 5.43 Å². The number of hydrogen-bond donors (Lipinski definition) is 2. The highest BCUT2D eigenvalue weighted by atomic mass is 16.5. The molecule has 0 spiro atoms. The number of hydrazone groups is 1. The fourth-order valence-corrected chi connectivity index (χ4v) is 5.17. The molecule has 1 aliphatic heterocycles. The molecule has 0 saturated carbocycles. The summed E-state index contributed by atoms with van der Waals surface area (Å²) in [5.41, 5.74) is 9.14. The van der Waals surface area contributed by atoms with E-state index in [4.69, 9.17) is 4.74 Å². The highest BCUT2D eigenvalue weighted by Gasteiger charge is 2.19. The summed E-state index contributed by atoms with van der Waals surface area (Å²) in [7, 11) is 2.10. The Labute approximate surface area is 261 Å². The Bertz CT molecular complexity index is 1450. The number of nitrogens with zero attached hydrogens (tertiary/aromatic N) is 4. The topological polar surface area (TPSA) is 89.5 Å². The van der Waals surface area contributed by atoms with Gasteiger partial charge in [0.2, 0.25) is 0 Å². The Morgan fingerprint density at radius 1 is 0.932 bits per heavy atom. The van der Waals surface area contributed by atoms with Gasteiger partial charge < -0.3 is 24.8 Å². The summed E-state index contributed by atoms with van der Waals surface area (Å²) in [5.74, 6) is -0.677. The minimum absolute atomic E-state index is 0.274. The second-order valence-electron chi connectivity index (χ2n) is 11.3. The second-order valence-corrected chi connectivity index (χ2v) is 11.3. The summed E-state index contributed by atoms with van der Waals surface area (Å²) in [6.45, 7) is 15.9. The molecule has 0 atom stereocenters. The van der Waals surface area contributed by atoms with Crippen molar-refractivity contribution in [2.75, 3.05) is 69.7 Å². The molecule has 4 rings (SSSR count). The van der Waals surface area contributed by atoms with E-state index >= 15 is 0 Å². The number of anilines is 2. The molecular formula is C35H46N6O3. The molecule has 0 radical (unpaired) electrons. The van der Waals surface area contributed by atoms with Gasteiger partial charge in [0.05, 0.1) is 30.7 Å². The predicted octanol–water partition coefficient (Wildman–Crippen LogP) is 4.93. The highest BCUT2D eigenvalue weighted by molar-refractivity contribution is 6.09. The van der Waals surface area contributed by atoms with E-state index in [0.717, 1.165) is 68.2 Å². The van der Waals surface area contributed by atoms with Crippen LogP contribution in [0.25, 0.3) is 0 Å². The maximum atomic E-state index is 13.4. The van der Waals surface area contributed by atoms with E-state index in [1.54, 1.807) is 18.3 Å². The molecule has 2 amide bonds. The molecule has 0 unspecified atom stereocenters. The summed E-state index contributed by atoms with van der Waals surface area (Å²) in [4.78, 5) is 33.7. The van der Waals surface area contributed by atoms with Crippen molar-refractivity contribution in [3.8, 4) is 0 Å². The molecule has 44 heavy (non-hydrogen) atoms. The van der Waals surface area contributed by atoms with Gasteiger partial charge in [0.25, 0.3) is 11.8 Å². The highest BCUT2D eigenvalue weighted by Crippen LogP contribution is 2.25. The SMILES string of the molecule is CCN(CC)CCN(C)Cc1cccc(C(=O)Nc2ccc(N3CCOCC3)cc2C(=O)N/N=C/c2ccc(C)c(C)c2)c1. The van der Waals surface area contributed by atoms with Gasteiger partial charge in [-0.3, -0.25) is 9.59 Å². The number of ether oxygens (including phenoxy) is 1. The van der Waals surface area contributed by atoms with Gasteiger partial charge in [-0.2, -0.15) is 5.10 Å². The van der Waals surface area contributed by atoms with Crippen LogP contribution in [0.5, 0.6) is 0 Å². The molecule has 1 saturated heterocycles. The first-order valence-electron chi connectivity index (χ1n) is 15.5. The van der Waals surface area contributed by atoms with Gasteiger partial charge in [-0.15, -0.1) is 0 Å². The van der Waals surface area contributed by atoms with E-state index in [2.05, 4.69) is 58.4 Å². The van der Waals surface area contributed by atoms with Crippen molar-refractivity contribution in [2.45, 2.75) is 34.2 Å². The van der Waals surface area contributed by atoms with E-state index in [1.807, 2.05) is 55.5 Å². The van der Waals surface area contributed by atoms with Crippen molar-refractivity contribution in [2.24, 2.45) is 5.10 Å². The molecule has 9 nitrogen and oxygen atoms in total. The average molecular weight is 599 g/mol. The number of amides is 2. The predicted molar refractivity (Wildman–Crippen MR) is 179 cm³/mol. The Morgan fingerprint density at radius 2 is 1.70 bits per heavy atom. The monoisotopic (exact) mass is 598 g/mol. The van der Waals surface area contributed by atoms with Crippen molar-refractivity contribution >= 4 is 29.4 Å². The molecule has 0 bridgehead atoms. The maximum Gasteiger partial charge on any atom is 0.273 e. The number of carbonyl (C=O) groups excluding carboxylic acids is 2. The van der Waals surface area contributed by atoms with Crippen molar-refractivity contribution < 1.29 is 14.3 Å². The third-order valence-electron chi connectivity index (χ3n) is 8.12. The smallest absolute Gasteiger partial charge is 0.273 e. The molecule has 3 aromatic rings. The van der Waals surface area contributed by atoms with Gasteiger partial charge in [0.1, 0.15) is 0 Å². The van der Waals surface area contributed by atoms with Gasteiger partial charge in [0, 0.05) is 44.0 Å². The first kappa shape index (κ1) is 32.9. The molecule has 1 fully saturated rings. The quantitative estimate of drug-likeness (QED) is 0.214. The minimum Gasteiger partial charge on any atom is -0.378 e. The number of benzene rings is 3. The lowest BCUT2D eigenvalue weighted by molar-refractivity contribution is 0.0956. The van der Waals surface area contributed by atoms with Crippen LogP contribution in [0.3, 0.4) is 0 Å². The summed E-state index contributed by atoms with van der Waals surface area (Å²) in [5, 5.41) is 7.19. The number of nitrogens with one attached hydrogen (secondary N) is 2. The Morgan fingerprint density at radius 3 is 2.43 bits per heavy atom. The second kappa shape index (κ2) is 16.1. The first-order chi connectivity index (χ1) is 21.3. The van der Waals surface area contributed by atoms with Crippen molar-refractivity contribution in [3.05, 3.63) is 94.0 Å².